The number of methoxy groups -OCH3 is 2. The van der Waals surface area contributed by atoms with Gasteiger partial charge in [0.1, 0.15) is 11.9 Å². The second-order valence-electron chi connectivity index (χ2n) is 6.08. The van der Waals surface area contributed by atoms with Gasteiger partial charge >= 0.3 is 0 Å². The van der Waals surface area contributed by atoms with Crippen LogP contribution in [0.5, 0.6) is 11.5 Å². The molecule has 9 heteroatoms. The van der Waals surface area contributed by atoms with E-state index in [4.69, 9.17) is 14.2 Å². The number of carbonyl (C=O) groups excluding carboxylic acids is 1. The van der Waals surface area contributed by atoms with Crippen LogP contribution in [0.15, 0.2) is 24.4 Å². The van der Waals surface area contributed by atoms with Crippen molar-refractivity contribution in [1.82, 2.24) is 15.1 Å². The Kier molecular flexibility index (Phi) is 7.46. The number of anilines is 1. The van der Waals surface area contributed by atoms with Crippen LogP contribution in [0.2, 0.25) is 0 Å². The molecule has 8 nitrogen and oxygen atoms in total. The van der Waals surface area contributed by atoms with Gasteiger partial charge in [0.2, 0.25) is 0 Å². The number of nitrogens with zero attached hydrogens (tertiary/aromatic N) is 2. The van der Waals surface area contributed by atoms with Gasteiger partial charge in [-0.3, -0.25) is 4.79 Å². The van der Waals surface area contributed by atoms with Crippen molar-refractivity contribution >= 4 is 24.1 Å². The third-order valence-corrected chi connectivity index (χ3v) is 4.26. The highest BCUT2D eigenvalue weighted by Crippen LogP contribution is 2.28. The SMILES string of the molecule is COc1ccc(Cn2ncc(C)c2NC(=O)[C@H]2CNCCO2)cc1OC.Cl. The minimum atomic E-state index is -0.493. The molecule has 1 aliphatic rings. The van der Waals surface area contributed by atoms with Crippen LogP contribution < -0.4 is 20.1 Å². The topological polar surface area (TPSA) is 86.6 Å². The molecule has 3 rings (SSSR count). The summed E-state index contributed by atoms with van der Waals surface area (Å²) in [5, 5.41) is 10.5. The highest BCUT2D eigenvalue weighted by molar-refractivity contribution is 5.94. The van der Waals surface area contributed by atoms with E-state index in [0.29, 0.717) is 37.0 Å². The van der Waals surface area contributed by atoms with Gasteiger partial charge in [0, 0.05) is 18.7 Å². The van der Waals surface area contributed by atoms with Gasteiger partial charge < -0.3 is 24.8 Å². The first kappa shape index (κ1) is 21.0. The monoisotopic (exact) mass is 396 g/mol. The molecule has 27 heavy (non-hydrogen) atoms. The van der Waals surface area contributed by atoms with Crippen LogP contribution in [0.4, 0.5) is 5.82 Å². The maximum Gasteiger partial charge on any atom is 0.255 e. The lowest BCUT2D eigenvalue weighted by Crippen LogP contribution is -2.45. The molecule has 1 amide bonds. The number of aryl methyl sites for hydroxylation is 1. The van der Waals surface area contributed by atoms with E-state index in [-0.39, 0.29) is 18.3 Å². The fourth-order valence-corrected chi connectivity index (χ4v) is 2.84. The molecule has 1 aromatic heterocycles. The Morgan fingerprint density at radius 3 is 2.81 bits per heavy atom. The van der Waals surface area contributed by atoms with E-state index in [2.05, 4.69) is 15.7 Å². The normalized spacial score (nSPS) is 16.3. The number of ether oxygens (including phenoxy) is 3. The molecule has 0 radical (unpaired) electrons. The molecule has 1 saturated heterocycles. The summed E-state index contributed by atoms with van der Waals surface area (Å²) in [6.45, 7) is 4.21. The zero-order chi connectivity index (χ0) is 18.5. The molecular weight excluding hydrogens is 372 g/mol. The molecule has 1 aliphatic heterocycles. The summed E-state index contributed by atoms with van der Waals surface area (Å²) in [7, 11) is 3.20. The summed E-state index contributed by atoms with van der Waals surface area (Å²) in [5.41, 5.74) is 1.87. The lowest BCUT2D eigenvalue weighted by molar-refractivity contribution is -0.128. The van der Waals surface area contributed by atoms with Gasteiger partial charge in [0.15, 0.2) is 11.5 Å². The van der Waals surface area contributed by atoms with Gasteiger partial charge in [-0.1, -0.05) is 6.07 Å². The Hall–Kier alpha value is -2.29. The predicted molar refractivity (Wildman–Crippen MR) is 104 cm³/mol. The van der Waals surface area contributed by atoms with Crippen molar-refractivity contribution in [3.63, 3.8) is 0 Å². The minimum absolute atomic E-state index is 0. The van der Waals surface area contributed by atoms with Gasteiger partial charge in [-0.05, 0) is 24.6 Å². The first-order valence-corrected chi connectivity index (χ1v) is 8.49. The first-order chi connectivity index (χ1) is 12.6. The molecule has 2 heterocycles. The smallest absolute Gasteiger partial charge is 0.255 e. The van der Waals surface area contributed by atoms with Gasteiger partial charge in [0.05, 0.1) is 33.6 Å². The summed E-state index contributed by atoms with van der Waals surface area (Å²) in [4.78, 5) is 12.5. The Morgan fingerprint density at radius 2 is 2.15 bits per heavy atom. The third kappa shape index (κ3) is 4.91. The summed E-state index contributed by atoms with van der Waals surface area (Å²) in [6, 6.07) is 5.69. The zero-order valence-electron chi connectivity index (χ0n) is 15.7. The van der Waals surface area contributed by atoms with E-state index in [1.54, 1.807) is 25.1 Å². The quantitative estimate of drug-likeness (QED) is 0.771. The maximum atomic E-state index is 12.5. The van der Waals surface area contributed by atoms with E-state index < -0.39 is 6.10 Å². The third-order valence-electron chi connectivity index (χ3n) is 4.26. The van der Waals surface area contributed by atoms with Crippen LogP contribution in [-0.2, 0) is 16.1 Å². The molecule has 0 saturated carbocycles. The van der Waals surface area contributed by atoms with Gasteiger partial charge in [-0.2, -0.15) is 5.10 Å². The van der Waals surface area contributed by atoms with Crippen molar-refractivity contribution < 1.29 is 19.0 Å². The Bertz CT molecular complexity index is 775. The van der Waals surface area contributed by atoms with Crippen LogP contribution in [0.3, 0.4) is 0 Å². The van der Waals surface area contributed by atoms with E-state index >= 15 is 0 Å². The maximum absolute atomic E-state index is 12.5. The second-order valence-corrected chi connectivity index (χ2v) is 6.08. The number of amides is 1. The molecule has 0 bridgehead atoms. The number of aromatic nitrogens is 2. The molecule has 1 fully saturated rings. The number of morpholine rings is 1. The van der Waals surface area contributed by atoms with E-state index in [1.807, 2.05) is 25.1 Å². The lowest BCUT2D eigenvalue weighted by Gasteiger charge is -2.23. The van der Waals surface area contributed by atoms with Crippen molar-refractivity contribution in [2.45, 2.75) is 19.6 Å². The van der Waals surface area contributed by atoms with Gasteiger partial charge in [0.25, 0.3) is 5.91 Å². The molecule has 1 aromatic carbocycles. The number of nitrogens with one attached hydrogen (secondary N) is 2. The van der Waals surface area contributed by atoms with Gasteiger partial charge in [-0.25, -0.2) is 4.68 Å². The molecule has 0 aliphatic carbocycles. The highest BCUT2D eigenvalue weighted by Gasteiger charge is 2.23. The van der Waals surface area contributed by atoms with Gasteiger partial charge in [-0.15, -0.1) is 12.4 Å². The average Bonchev–Trinajstić information content (AvgIpc) is 3.02. The first-order valence-electron chi connectivity index (χ1n) is 8.49. The van der Waals surface area contributed by atoms with Crippen molar-refractivity contribution in [1.29, 1.82) is 0 Å². The number of benzene rings is 1. The Morgan fingerprint density at radius 1 is 1.37 bits per heavy atom. The summed E-state index contributed by atoms with van der Waals surface area (Å²) >= 11 is 0. The molecular formula is C18H25ClN4O4. The summed E-state index contributed by atoms with van der Waals surface area (Å²) in [5.74, 6) is 1.82. The van der Waals surface area contributed by atoms with E-state index in [9.17, 15) is 4.79 Å². The predicted octanol–water partition coefficient (Wildman–Crippen LogP) is 1.61. The van der Waals surface area contributed by atoms with Crippen LogP contribution in [-0.4, -0.2) is 55.7 Å². The van der Waals surface area contributed by atoms with Crippen molar-refractivity contribution in [2.75, 3.05) is 39.2 Å². The molecule has 2 N–H and O–H groups in total. The lowest BCUT2D eigenvalue weighted by atomic mass is 10.2. The molecule has 148 valence electrons. The number of rotatable bonds is 6. The van der Waals surface area contributed by atoms with Crippen molar-refractivity contribution in [2.24, 2.45) is 0 Å². The molecule has 1 atom stereocenters. The number of hydrogen-bond donors (Lipinski definition) is 2. The van der Waals surface area contributed by atoms with Crippen LogP contribution in [0.1, 0.15) is 11.1 Å². The number of hydrogen-bond acceptors (Lipinski definition) is 6. The van der Waals surface area contributed by atoms with E-state index in [0.717, 1.165) is 17.7 Å². The van der Waals surface area contributed by atoms with Crippen molar-refractivity contribution in [3.05, 3.63) is 35.5 Å². The fourth-order valence-electron chi connectivity index (χ4n) is 2.84. The zero-order valence-corrected chi connectivity index (χ0v) is 16.5. The Labute approximate surface area is 164 Å². The molecule has 0 spiro atoms. The van der Waals surface area contributed by atoms with Crippen molar-refractivity contribution in [3.8, 4) is 11.5 Å². The Balaban J connectivity index is 0.00000261. The minimum Gasteiger partial charge on any atom is -0.493 e. The average molecular weight is 397 g/mol. The van der Waals surface area contributed by atoms with Crippen LogP contribution >= 0.6 is 12.4 Å². The second kappa shape index (κ2) is 9.59. The standard InChI is InChI=1S/C18H24N4O4.ClH/c1-12-9-20-22(11-13-4-5-14(24-2)15(8-13)25-3)17(12)21-18(23)16-10-19-6-7-26-16;/h4-5,8-9,16,19H,6-7,10-11H2,1-3H3,(H,21,23);1H/t16-;/m1./s1. The summed E-state index contributed by atoms with van der Waals surface area (Å²) in [6.07, 6.45) is 1.24. The number of carbonyl (C=O) groups is 1. The molecule has 2 aromatic rings. The van der Waals surface area contributed by atoms with E-state index in [1.165, 1.54) is 0 Å². The largest absolute Gasteiger partial charge is 0.493 e. The summed E-state index contributed by atoms with van der Waals surface area (Å²) < 4.78 is 17.9. The van der Waals surface area contributed by atoms with Crippen LogP contribution in [0.25, 0.3) is 0 Å². The molecule has 0 unspecified atom stereocenters. The van der Waals surface area contributed by atoms with Crippen LogP contribution in [0, 0.1) is 6.92 Å². The highest BCUT2D eigenvalue weighted by atomic mass is 35.5. The number of halogens is 1. The fraction of sp³-hybridized carbons (Fsp3) is 0.444.